The minimum atomic E-state index is -0.499. The normalized spacial score (nSPS) is 15.8. The lowest BCUT2D eigenvalue weighted by Crippen LogP contribution is -2.32. The molecule has 0 radical (unpaired) electrons. The first kappa shape index (κ1) is 21.4. The van der Waals surface area contributed by atoms with E-state index in [2.05, 4.69) is 10.6 Å². The predicted molar refractivity (Wildman–Crippen MR) is 124 cm³/mol. The van der Waals surface area contributed by atoms with Crippen molar-refractivity contribution >= 4 is 40.1 Å². The van der Waals surface area contributed by atoms with Gasteiger partial charge in [0.1, 0.15) is 6.04 Å². The summed E-state index contributed by atoms with van der Waals surface area (Å²) in [5, 5.41) is 6.63. The Balaban J connectivity index is 1.94. The molecule has 8 heteroatoms. The van der Waals surface area contributed by atoms with Crippen molar-refractivity contribution in [3.63, 3.8) is 0 Å². The Hall–Kier alpha value is -3.26. The Morgan fingerprint density at radius 2 is 1.80 bits per heavy atom. The first-order valence-electron chi connectivity index (χ1n) is 9.45. The van der Waals surface area contributed by atoms with Crippen LogP contribution < -0.4 is 21.3 Å². The molecule has 1 atom stereocenters. The van der Waals surface area contributed by atoms with Crippen molar-refractivity contribution < 1.29 is 9.59 Å². The molecule has 0 aliphatic carbocycles. The Labute approximate surface area is 180 Å². The van der Waals surface area contributed by atoms with E-state index in [0.717, 1.165) is 11.3 Å². The average Bonchev–Trinajstić information content (AvgIpc) is 2.72. The fraction of sp³-hybridized carbons (Fsp3) is 0.227. The van der Waals surface area contributed by atoms with Crippen LogP contribution >= 0.6 is 11.8 Å². The molecule has 0 spiro atoms. The topological polar surface area (TPSA) is 99.8 Å². The lowest BCUT2D eigenvalue weighted by atomic mass is 9.95. The first-order valence-corrected chi connectivity index (χ1v) is 10.4. The van der Waals surface area contributed by atoms with E-state index in [1.165, 1.54) is 11.8 Å². The minimum absolute atomic E-state index is 0.108. The zero-order valence-corrected chi connectivity index (χ0v) is 18.0. The van der Waals surface area contributed by atoms with Gasteiger partial charge in [-0.1, -0.05) is 42.1 Å². The molecule has 3 rings (SSSR count). The fourth-order valence-corrected chi connectivity index (χ4v) is 3.75. The van der Waals surface area contributed by atoms with E-state index >= 15 is 0 Å². The van der Waals surface area contributed by atoms with E-state index in [0.29, 0.717) is 22.1 Å². The maximum atomic E-state index is 13.1. The van der Waals surface area contributed by atoms with Crippen LogP contribution in [0.3, 0.4) is 0 Å². The number of carbonyl (C=O) groups excluding carboxylic acids is 2. The quantitative estimate of drug-likeness (QED) is 0.663. The Morgan fingerprint density at radius 1 is 1.13 bits per heavy atom. The van der Waals surface area contributed by atoms with Crippen molar-refractivity contribution in [2.45, 2.75) is 13.0 Å². The number of aliphatic imine (C=N–C) groups is 1. The van der Waals surface area contributed by atoms with Crippen molar-refractivity contribution in [1.82, 2.24) is 5.32 Å². The van der Waals surface area contributed by atoms with Gasteiger partial charge in [-0.25, -0.2) is 4.99 Å². The van der Waals surface area contributed by atoms with Crippen LogP contribution in [0.1, 0.15) is 18.5 Å². The van der Waals surface area contributed by atoms with Gasteiger partial charge in [0.25, 0.3) is 5.91 Å². The first-order chi connectivity index (χ1) is 14.3. The molecule has 0 unspecified atom stereocenters. The molecule has 2 aromatic rings. The number of hydrogen-bond acceptors (Lipinski definition) is 6. The van der Waals surface area contributed by atoms with Gasteiger partial charge in [0, 0.05) is 31.2 Å². The number of thioether (sulfide) groups is 1. The summed E-state index contributed by atoms with van der Waals surface area (Å²) < 4.78 is 0. The monoisotopic (exact) mass is 423 g/mol. The summed E-state index contributed by atoms with van der Waals surface area (Å²) in [5.41, 5.74) is 9.14. The predicted octanol–water partition coefficient (Wildman–Crippen LogP) is 2.88. The molecular weight excluding hydrogens is 398 g/mol. The highest BCUT2D eigenvalue weighted by atomic mass is 32.2. The summed E-state index contributed by atoms with van der Waals surface area (Å²) >= 11 is 1.22. The summed E-state index contributed by atoms with van der Waals surface area (Å²) in [6.07, 6.45) is 0. The molecule has 2 aromatic carbocycles. The zero-order chi connectivity index (χ0) is 21.7. The second-order valence-corrected chi connectivity index (χ2v) is 8.03. The number of benzene rings is 2. The molecule has 1 heterocycles. The largest absolute Gasteiger partial charge is 0.378 e. The van der Waals surface area contributed by atoms with Gasteiger partial charge >= 0.3 is 0 Å². The Bertz CT molecular complexity index is 984. The number of amides is 2. The van der Waals surface area contributed by atoms with Gasteiger partial charge in [0.15, 0.2) is 5.17 Å². The van der Waals surface area contributed by atoms with E-state index in [-0.39, 0.29) is 11.7 Å². The van der Waals surface area contributed by atoms with Gasteiger partial charge in [-0.15, -0.1) is 0 Å². The van der Waals surface area contributed by atoms with Gasteiger partial charge < -0.3 is 21.3 Å². The van der Waals surface area contributed by atoms with E-state index in [4.69, 9.17) is 10.7 Å². The number of nitrogens with zero attached hydrogens (tertiary/aromatic N) is 2. The van der Waals surface area contributed by atoms with Crippen LogP contribution in [0.15, 0.2) is 70.9 Å². The summed E-state index contributed by atoms with van der Waals surface area (Å²) in [6.45, 7) is 1.83. The maximum Gasteiger partial charge on any atom is 0.255 e. The van der Waals surface area contributed by atoms with Gasteiger partial charge in [0.05, 0.1) is 11.3 Å². The number of primary amides is 1. The van der Waals surface area contributed by atoms with Crippen LogP contribution in [0.4, 0.5) is 11.4 Å². The number of nitrogens with one attached hydrogen (secondary N) is 2. The Kier molecular flexibility index (Phi) is 6.79. The smallest absolute Gasteiger partial charge is 0.255 e. The summed E-state index contributed by atoms with van der Waals surface area (Å²) in [4.78, 5) is 31.1. The van der Waals surface area contributed by atoms with Crippen LogP contribution in [0.5, 0.6) is 0 Å². The van der Waals surface area contributed by atoms with Crippen molar-refractivity contribution in [2.24, 2.45) is 10.7 Å². The maximum absolute atomic E-state index is 13.1. The lowest BCUT2D eigenvalue weighted by Gasteiger charge is -2.26. The number of anilines is 2. The number of rotatable bonds is 6. The number of allylic oxidation sites excluding steroid dienone is 1. The highest BCUT2D eigenvalue weighted by Crippen LogP contribution is 2.33. The molecule has 1 aliphatic heterocycles. The third kappa shape index (κ3) is 5.21. The van der Waals surface area contributed by atoms with Crippen LogP contribution in [0, 0.1) is 0 Å². The van der Waals surface area contributed by atoms with Crippen molar-refractivity contribution in [3.05, 3.63) is 71.4 Å². The molecule has 0 saturated heterocycles. The molecule has 2 amide bonds. The van der Waals surface area contributed by atoms with Crippen LogP contribution in [0.2, 0.25) is 0 Å². The second kappa shape index (κ2) is 9.49. The molecular formula is C22H25N5O2S. The van der Waals surface area contributed by atoms with Gasteiger partial charge in [-0.3, -0.25) is 9.59 Å². The van der Waals surface area contributed by atoms with Crippen LogP contribution in [-0.2, 0) is 9.59 Å². The second-order valence-electron chi connectivity index (χ2n) is 7.06. The molecule has 0 saturated carbocycles. The van der Waals surface area contributed by atoms with Crippen molar-refractivity contribution in [1.29, 1.82) is 0 Å². The molecule has 30 heavy (non-hydrogen) atoms. The number of amidine groups is 1. The molecule has 156 valence electrons. The molecule has 4 N–H and O–H groups in total. The van der Waals surface area contributed by atoms with Gasteiger partial charge in [-0.05, 0) is 36.8 Å². The molecule has 0 fully saturated rings. The third-order valence-corrected chi connectivity index (χ3v) is 5.48. The zero-order valence-electron chi connectivity index (χ0n) is 17.2. The van der Waals surface area contributed by atoms with Gasteiger partial charge in [0.2, 0.25) is 5.91 Å². The Morgan fingerprint density at radius 3 is 2.40 bits per heavy atom. The third-order valence-electron chi connectivity index (χ3n) is 4.57. The summed E-state index contributed by atoms with van der Waals surface area (Å²) in [7, 11) is 3.94. The molecule has 0 aromatic heterocycles. The summed E-state index contributed by atoms with van der Waals surface area (Å²) in [5.74, 6) is -0.544. The molecule has 1 aliphatic rings. The lowest BCUT2D eigenvalue weighted by molar-refractivity contribution is -0.115. The van der Waals surface area contributed by atoms with Crippen LogP contribution in [-0.4, -0.2) is 36.8 Å². The number of nitrogens with two attached hydrogens (primary N) is 1. The van der Waals surface area contributed by atoms with E-state index in [9.17, 15) is 9.59 Å². The summed E-state index contributed by atoms with van der Waals surface area (Å²) in [6, 6.07) is 16.7. The van der Waals surface area contributed by atoms with Crippen molar-refractivity contribution in [2.75, 3.05) is 30.1 Å². The number of carbonyl (C=O) groups is 2. The van der Waals surface area contributed by atoms with E-state index in [1.807, 2.05) is 80.5 Å². The molecule has 7 nitrogen and oxygen atoms in total. The number of hydrogen-bond donors (Lipinski definition) is 3. The average molecular weight is 424 g/mol. The van der Waals surface area contributed by atoms with Crippen LogP contribution in [0.25, 0.3) is 0 Å². The molecule has 0 bridgehead atoms. The van der Waals surface area contributed by atoms with Crippen molar-refractivity contribution in [3.8, 4) is 0 Å². The fourth-order valence-electron chi connectivity index (χ4n) is 3.07. The number of para-hydroxylation sites is 1. The standard InChI is InChI=1S/C22H25N5O2S/c1-14-19(21(29)25-16-7-5-4-6-8-16)20(26-22(24-14)30-13-18(23)28)15-9-11-17(12-10-15)27(2)3/h4-12,20H,13H2,1-3H3,(H2,23,28)(H,24,26)(H,25,29)/t20-/m0/s1. The SMILES string of the molecule is CC1=C(C(=O)Nc2ccccc2)[C@H](c2ccc(N(C)C)cc2)N=C(SCC(N)=O)N1. The highest BCUT2D eigenvalue weighted by Gasteiger charge is 2.29. The minimum Gasteiger partial charge on any atom is -0.378 e. The van der Waals surface area contributed by atoms with E-state index < -0.39 is 11.9 Å². The van der Waals surface area contributed by atoms with E-state index in [1.54, 1.807) is 0 Å². The van der Waals surface area contributed by atoms with Gasteiger partial charge in [-0.2, -0.15) is 0 Å². The highest BCUT2D eigenvalue weighted by molar-refractivity contribution is 8.14.